The second-order valence-corrected chi connectivity index (χ2v) is 6.10. The minimum atomic E-state index is 0.120. The van der Waals surface area contributed by atoms with Crippen LogP contribution in [0.5, 0.6) is 5.75 Å². The van der Waals surface area contributed by atoms with Gasteiger partial charge in [0, 0.05) is 6.04 Å². The zero-order valence-corrected chi connectivity index (χ0v) is 13.1. The average Bonchev–Trinajstić information content (AvgIpc) is 2.36. The molecule has 0 saturated carbocycles. The maximum atomic E-state index is 6.07. The second kappa shape index (κ2) is 7.54. The van der Waals surface area contributed by atoms with Crippen LogP contribution in [0.2, 0.25) is 0 Å². The smallest absolute Gasteiger partial charge is 0.123 e. The molecule has 0 fully saturated rings. The zero-order valence-electron chi connectivity index (χ0n) is 13.1. The summed E-state index contributed by atoms with van der Waals surface area (Å²) in [7, 11) is 0. The van der Waals surface area contributed by atoms with E-state index in [1.54, 1.807) is 0 Å². The summed E-state index contributed by atoms with van der Waals surface area (Å²) >= 11 is 0. The molecule has 0 radical (unpaired) electrons. The minimum absolute atomic E-state index is 0.120. The molecule has 1 unspecified atom stereocenters. The van der Waals surface area contributed by atoms with E-state index in [0.717, 1.165) is 25.3 Å². The van der Waals surface area contributed by atoms with E-state index in [2.05, 4.69) is 58.1 Å². The van der Waals surface area contributed by atoms with Gasteiger partial charge in [0.2, 0.25) is 0 Å². The van der Waals surface area contributed by atoms with E-state index in [0.29, 0.717) is 6.04 Å². The maximum absolute atomic E-state index is 6.07. The summed E-state index contributed by atoms with van der Waals surface area (Å²) in [6, 6.07) is 8.82. The molecule has 0 spiro atoms. The molecule has 0 saturated heterocycles. The number of para-hydroxylation sites is 1. The van der Waals surface area contributed by atoms with Crippen molar-refractivity contribution in [3.63, 3.8) is 0 Å². The molecular weight excluding hydrogens is 234 g/mol. The third-order valence-corrected chi connectivity index (χ3v) is 3.27. The first-order valence-electron chi connectivity index (χ1n) is 7.44. The van der Waals surface area contributed by atoms with Crippen molar-refractivity contribution in [2.75, 3.05) is 13.2 Å². The SMILES string of the molecule is CCCC(COc1ccccc1C(C)(C)C)NCC. The molecule has 0 amide bonds. The lowest BCUT2D eigenvalue weighted by atomic mass is 9.86. The Kier molecular flexibility index (Phi) is 6.36. The normalized spacial score (nSPS) is 13.3. The molecule has 0 aliphatic heterocycles. The van der Waals surface area contributed by atoms with Crippen LogP contribution in [0.4, 0.5) is 0 Å². The van der Waals surface area contributed by atoms with Crippen LogP contribution >= 0.6 is 0 Å². The number of ether oxygens (including phenoxy) is 1. The molecule has 0 aliphatic rings. The van der Waals surface area contributed by atoms with Crippen molar-refractivity contribution < 1.29 is 4.74 Å². The van der Waals surface area contributed by atoms with Gasteiger partial charge in [-0.3, -0.25) is 0 Å². The Morgan fingerprint density at radius 2 is 1.84 bits per heavy atom. The van der Waals surface area contributed by atoms with Gasteiger partial charge in [0.1, 0.15) is 12.4 Å². The Hall–Kier alpha value is -1.02. The zero-order chi connectivity index (χ0) is 14.3. The monoisotopic (exact) mass is 263 g/mol. The largest absolute Gasteiger partial charge is 0.492 e. The second-order valence-electron chi connectivity index (χ2n) is 6.10. The van der Waals surface area contributed by atoms with Crippen molar-refractivity contribution in [2.45, 2.75) is 58.9 Å². The van der Waals surface area contributed by atoms with E-state index in [4.69, 9.17) is 4.74 Å². The Balaban J connectivity index is 2.71. The van der Waals surface area contributed by atoms with Crippen LogP contribution in [0.25, 0.3) is 0 Å². The standard InChI is InChI=1S/C17H29NO/c1-6-10-14(18-7-2)13-19-16-12-9-8-11-15(16)17(3,4)5/h8-9,11-12,14,18H,6-7,10,13H2,1-5H3. The molecule has 1 aromatic carbocycles. The Bertz CT molecular complexity index is 362. The van der Waals surface area contributed by atoms with Crippen molar-refractivity contribution in [1.29, 1.82) is 0 Å². The molecular formula is C17H29NO. The molecule has 1 aromatic rings. The van der Waals surface area contributed by atoms with Gasteiger partial charge in [-0.15, -0.1) is 0 Å². The van der Waals surface area contributed by atoms with Crippen molar-refractivity contribution in [3.05, 3.63) is 29.8 Å². The minimum Gasteiger partial charge on any atom is -0.492 e. The van der Waals surface area contributed by atoms with E-state index in [9.17, 15) is 0 Å². The number of hydrogen-bond acceptors (Lipinski definition) is 2. The summed E-state index contributed by atoms with van der Waals surface area (Å²) < 4.78 is 6.07. The van der Waals surface area contributed by atoms with Gasteiger partial charge in [-0.2, -0.15) is 0 Å². The fourth-order valence-electron chi connectivity index (χ4n) is 2.28. The van der Waals surface area contributed by atoms with Crippen molar-refractivity contribution in [3.8, 4) is 5.75 Å². The van der Waals surface area contributed by atoms with Gasteiger partial charge in [0.25, 0.3) is 0 Å². The molecule has 1 N–H and O–H groups in total. The number of rotatable bonds is 7. The summed E-state index contributed by atoms with van der Waals surface area (Å²) in [5, 5.41) is 3.49. The third kappa shape index (κ3) is 5.23. The highest BCUT2D eigenvalue weighted by molar-refractivity contribution is 5.38. The third-order valence-electron chi connectivity index (χ3n) is 3.27. The molecule has 0 heterocycles. The van der Waals surface area contributed by atoms with Gasteiger partial charge in [-0.05, 0) is 30.0 Å². The van der Waals surface area contributed by atoms with Crippen molar-refractivity contribution >= 4 is 0 Å². The summed E-state index contributed by atoms with van der Waals surface area (Å²) in [4.78, 5) is 0. The maximum Gasteiger partial charge on any atom is 0.123 e. The first-order valence-corrected chi connectivity index (χ1v) is 7.44. The molecule has 2 nitrogen and oxygen atoms in total. The summed E-state index contributed by atoms with van der Waals surface area (Å²) in [5.74, 6) is 1.02. The predicted molar refractivity (Wildman–Crippen MR) is 83.0 cm³/mol. The topological polar surface area (TPSA) is 21.3 Å². The van der Waals surface area contributed by atoms with E-state index in [1.807, 2.05) is 6.07 Å². The van der Waals surface area contributed by atoms with E-state index in [1.165, 1.54) is 12.0 Å². The van der Waals surface area contributed by atoms with E-state index < -0.39 is 0 Å². The molecule has 0 aliphatic carbocycles. The van der Waals surface area contributed by atoms with Crippen LogP contribution in [-0.2, 0) is 5.41 Å². The first kappa shape index (κ1) is 16.0. The van der Waals surface area contributed by atoms with Crippen LogP contribution in [0, 0.1) is 0 Å². The molecule has 2 heteroatoms. The van der Waals surface area contributed by atoms with Gasteiger partial charge in [0.15, 0.2) is 0 Å². The van der Waals surface area contributed by atoms with Gasteiger partial charge in [-0.1, -0.05) is 59.2 Å². The molecule has 0 aromatic heterocycles. The van der Waals surface area contributed by atoms with Crippen LogP contribution in [-0.4, -0.2) is 19.2 Å². The first-order chi connectivity index (χ1) is 8.99. The van der Waals surface area contributed by atoms with Gasteiger partial charge in [0.05, 0.1) is 0 Å². The van der Waals surface area contributed by atoms with E-state index in [-0.39, 0.29) is 5.41 Å². The molecule has 108 valence electrons. The number of nitrogens with one attached hydrogen (secondary N) is 1. The van der Waals surface area contributed by atoms with Crippen LogP contribution in [0.15, 0.2) is 24.3 Å². The highest BCUT2D eigenvalue weighted by Crippen LogP contribution is 2.31. The Morgan fingerprint density at radius 3 is 2.42 bits per heavy atom. The highest BCUT2D eigenvalue weighted by atomic mass is 16.5. The van der Waals surface area contributed by atoms with Crippen LogP contribution in [0.3, 0.4) is 0 Å². The van der Waals surface area contributed by atoms with Gasteiger partial charge < -0.3 is 10.1 Å². The van der Waals surface area contributed by atoms with Gasteiger partial charge >= 0.3 is 0 Å². The lowest BCUT2D eigenvalue weighted by molar-refractivity contribution is 0.252. The number of hydrogen-bond donors (Lipinski definition) is 1. The fraction of sp³-hybridized carbons (Fsp3) is 0.647. The summed E-state index contributed by atoms with van der Waals surface area (Å²) in [5.41, 5.74) is 1.40. The summed E-state index contributed by atoms with van der Waals surface area (Å²) in [6.07, 6.45) is 2.34. The average molecular weight is 263 g/mol. The van der Waals surface area contributed by atoms with Crippen LogP contribution < -0.4 is 10.1 Å². The fourth-order valence-corrected chi connectivity index (χ4v) is 2.28. The van der Waals surface area contributed by atoms with Crippen molar-refractivity contribution in [2.24, 2.45) is 0 Å². The Labute approximate surface area is 118 Å². The quantitative estimate of drug-likeness (QED) is 0.798. The highest BCUT2D eigenvalue weighted by Gasteiger charge is 2.19. The van der Waals surface area contributed by atoms with E-state index >= 15 is 0 Å². The molecule has 0 bridgehead atoms. The summed E-state index contributed by atoms with van der Waals surface area (Å²) in [6.45, 7) is 12.8. The molecule has 1 atom stereocenters. The number of benzene rings is 1. The predicted octanol–water partition coefficient (Wildman–Crippen LogP) is 4.14. The lowest BCUT2D eigenvalue weighted by Gasteiger charge is -2.24. The molecule has 19 heavy (non-hydrogen) atoms. The van der Waals surface area contributed by atoms with Gasteiger partial charge in [-0.25, -0.2) is 0 Å². The van der Waals surface area contributed by atoms with Crippen molar-refractivity contribution in [1.82, 2.24) is 5.32 Å². The molecule has 1 rings (SSSR count). The Morgan fingerprint density at radius 1 is 1.16 bits per heavy atom. The number of likely N-dealkylation sites (N-methyl/N-ethyl adjacent to an activating group) is 1. The lowest BCUT2D eigenvalue weighted by Crippen LogP contribution is -2.34. The van der Waals surface area contributed by atoms with Crippen LogP contribution in [0.1, 0.15) is 53.0 Å².